The Bertz CT molecular complexity index is 302. The molecular formula is C10H14F5NO. The van der Waals surface area contributed by atoms with Gasteiger partial charge < -0.3 is 4.90 Å². The molecule has 2 unspecified atom stereocenters. The minimum atomic E-state index is -5.82. The summed E-state index contributed by atoms with van der Waals surface area (Å²) < 4.78 is 61.7. The van der Waals surface area contributed by atoms with Crippen LogP contribution < -0.4 is 0 Å². The number of piperidine rings is 1. The second kappa shape index (κ2) is 4.42. The average molecular weight is 259 g/mol. The van der Waals surface area contributed by atoms with Gasteiger partial charge in [-0.05, 0) is 18.3 Å². The summed E-state index contributed by atoms with van der Waals surface area (Å²) in [6.45, 7) is 3.52. The lowest BCUT2D eigenvalue weighted by molar-refractivity contribution is -0.275. The van der Waals surface area contributed by atoms with E-state index in [1.165, 1.54) is 0 Å². The molecule has 0 N–H and O–H groups in total. The fourth-order valence-corrected chi connectivity index (χ4v) is 1.77. The standard InChI is InChI=1S/C10H14F5NO/c1-6-3-4-16(5-7(6)2)8(17)9(11,12)10(13,14)15/h6-7H,3-5H2,1-2H3. The SMILES string of the molecule is CC1CCN(C(=O)C(F)(F)C(F)(F)F)CC1C. The van der Waals surface area contributed by atoms with Crippen LogP contribution in [-0.4, -0.2) is 36.0 Å². The Labute approximate surface area is 95.8 Å². The normalized spacial score (nSPS) is 27.1. The highest BCUT2D eigenvalue weighted by molar-refractivity contribution is 5.84. The number of carbonyl (C=O) groups excluding carboxylic acids is 1. The molecule has 1 aliphatic rings. The van der Waals surface area contributed by atoms with Crippen molar-refractivity contribution in [2.75, 3.05) is 13.1 Å². The van der Waals surface area contributed by atoms with Crippen molar-refractivity contribution < 1.29 is 26.7 Å². The number of halogens is 5. The Morgan fingerprint density at radius 1 is 1.12 bits per heavy atom. The summed E-state index contributed by atoms with van der Waals surface area (Å²) >= 11 is 0. The molecular weight excluding hydrogens is 245 g/mol. The molecule has 1 rings (SSSR count). The van der Waals surface area contributed by atoms with E-state index >= 15 is 0 Å². The maximum absolute atomic E-state index is 12.8. The molecule has 17 heavy (non-hydrogen) atoms. The van der Waals surface area contributed by atoms with E-state index in [1.54, 1.807) is 6.92 Å². The topological polar surface area (TPSA) is 20.3 Å². The molecule has 1 heterocycles. The Kier molecular flexibility index (Phi) is 3.69. The predicted molar refractivity (Wildman–Crippen MR) is 50.5 cm³/mol. The van der Waals surface area contributed by atoms with Gasteiger partial charge in [-0.25, -0.2) is 0 Å². The van der Waals surface area contributed by atoms with Gasteiger partial charge in [0.1, 0.15) is 0 Å². The van der Waals surface area contributed by atoms with E-state index < -0.39 is 18.0 Å². The van der Waals surface area contributed by atoms with Crippen molar-refractivity contribution in [3.05, 3.63) is 0 Å². The van der Waals surface area contributed by atoms with Crippen LogP contribution in [0, 0.1) is 11.8 Å². The zero-order chi connectivity index (χ0) is 13.4. The van der Waals surface area contributed by atoms with Crippen LogP contribution in [0.4, 0.5) is 22.0 Å². The first-order valence-corrected chi connectivity index (χ1v) is 5.31. The van der Waals surface area contributed by atoms with Crippen LogP contribution in [0.5, 0.6) is 0 Å². The van der Waals surface area contributed by atoms with Crippen LogP contribution >= 0.6 is 0 Å². The van der Waals surface area contributed by atoms with Crippen molar-refractivity contribution in [1.29, 1.82) is 0 Å². The first-order valence-electron chi connectivity index (χ1n) is 5.31. The van der Waals surface area contributed by atoms with E-state index in [9.17, 15) is 26.7 Å². The predicted octanol–water partition coefficient (Wildman–Crippen LogP) is 2.69. The number of amides is 1. The van der Waals surface area contributed by atoms with Crippen LogP contribution in [0.1, 0.15) is 20.3 Å². The fraction of sp³-hybridized carbons (Fsp3) is 0.900. The van der Waals surface area contributed by atoms with Crippen LogP contribution in [0.3, 0.4) is 0 Å². The van der Waals surface area contributed by atoms with Crippen LogP contribution in [0.2, 0.25) is 0 Å². The molecule has 100 valence electrons. The van der Waals surface area contributed by atoms with Gasteiger partial charge >= 0.3 is 18.0 Å². The van der Waals surface area contributed by atoms with Crippen molar-refractivity contribution >= 4 is 5.91 Å². The first-order chi connectivity index (χ1) is 7.57. The van der Waals surface area contributed by atoms with E-state index in [2.05, 4.69) is 0 Å². The van der Waals surface area contributed by atoms with Gasteiger partial charge in [0.15, 0.2) is 0 Å². The highest BCUT2D eigenvalue weighted by atomic mass is 19.4. The number of likely N-dealkylation sites (tertiary alicyclic amines) is 1. The van der Waals surface area contributed by atoms with Crippen LogP contribution in [0.25, 0.3) is 0 Å². The number of rotatable bonds is 1. The molecule has 0 aliphatic carbocycles. The summed E-state index contributed by atoms with van der Waals surface area (Å²) in [5.41, 5.74) is 0. The zero-order valence-electron chi connectivity index (χ0n) is 9.52. The fourth-order valence-electron chi connectivity index (χ4n) is 1.77. The second-order valence-electron chi connectivity index (χ2n) is 4.57. The molecule has 2 nitrogen and oxygen atoms in total. The molecule has 7 heteroatoms. The second-order valence-corrected chi connectivity index (χ2v) is 4.57. The summed E-state index contributed by atoms with van der Waals surface area (Å²) in [5, 5.41) is 0. The monoisotopic (exact) mass is 259 g/mol. The van der Waals surface area contributed by atoms with Crippen LogP contribution in [0.15, 0.2) is 0 Å². The van der Waals surface area contributed by atoms with Crippen LogP contribution in [-0.2, 0) is 4.79 Å². The third-order valence-corrected chi connectivity index (χ3v) is 3.25. The Morgan fingerprint density at radius 3 is 2.06 bits per heavy atom. The number of alkyl halides is 5. The van der Waals surface area contributed by atoms with Gasteiger partial charge in [-0.1, -0.05) is 13.8 Å². The van der Waals surface area contributed by atoms with Gasteiger partial charge in [-0.3, -0.25) is 4.79 Å². The molecule has 0 aromatic rings. The summed E-state index contributed by atoms with van der Waals surface area (Å²) in [6.07, 6.45) is -5.38. The molecule has 1 saturated heterocycles. The maximum Gasteiger partial charge on any atom is 0.463 e. The van der Waals surface area contributed by atoms with Crippen molar-refractivity contribution in [3.8, 4) is 0 Å². The van der Waals surface area contributed by atoms with Crippen molar-refractivity contribution in [3.63, 3.8) is 0 Å². The molecule has 0 spiro atoms. The molecule has 2 atom stereocenters. The van der Waals surface area contributed by atoms with Gasteiger partial charge in [0, 0.05) is 13.1 Å². The Morgan fingerprint density at radius 2 is 1.65 bits per heavy atom. The minimum absolute atomic E-state index is 0.0456. The third-order valence-electron chi connectivity index (χ3n) is 3.25. The quantitative estimate of drug-likeness (QED) is 0.663. The van der Waals surface area contributed by atoms with Crippen molar-refractivity contribution in [2.45, 2.75) is 32.4 Å². The molecule has 0 bridgehead atoms. The first kappa shape index (κ1) is 14.2. The molecule has 0 aromatic carbocycles. The Hall–Kier alpha value is -0.880. The van der Waals surface area contributed by atoms with Gasteiger partial charge in [-0.2, -0.15) is 22.0 Å². The van der Waals surface area contributed by atoms with E-state index in [0.717, 1.165) is 0 Å². The molecule has 1 aliphatic heterocycles. The summed E-state index contributed by atoms with van der Waals surface area (Å²) in [4.78, 5) is 11.8. The van der Waals surface area contributed by atoms with E-state index in [4.69, 9.17) is 0 Å². The average Bonchev–Trinajstić information content (AvgIpc) is 2.19. The Balaban J connectivity index is 2.78. The van der Waals surface area contributed by atoms with E-state index in [-0.39, 0.29) is 24.9 Å². The summed E-state index contributed by atoms with van der Waals surface area (Å²) in [7, 11) is 0. The minimum Gasteiger partial charge on any atom is -0.337 e. The van der Waals surface area contributed by atoms with Gasteiger partial charge in [0.05, 0.1) is 0 Å². The molecule has 0 saturated carbocycles. The number of nitrogens with zero attached hydrogens (tertiary/aromatic N) is 1. The lowest BCUT2D eigenvalue weighted by Crippen LogP contribution is -2.55. The zero-order valence-corrected chi connectivity index (χ0v) is 9.52. The highest BCUT2D eigenvalue weighted by Crippen LogP contribution is 2.38. The van der Waals surface area contributed by atoms with E-state index in [0.29, 0.717) is 11.3 Å². The van der Waals surface area contributed by atoms with Gasteiger partial charge in [0.2, 0.25) is 0 Å². The summed E-state index contributed by atoms with van der Waals surface area (Å²) in [5.74, 6) is -7.27. The smallest absolute Gasteiger partial charge is 0.337 e. The van der Waals surface area contributed by atoms with E-state index in [1.807, 2.05) is 6.92 Å². The lowest BCUT2D eigenvalue weighted by Gasteiger charge is -2.37. The van der Waals surface area contributed by atoms with Gasteiger partial charge in [0.25, 0.3) is 0 Å². The molecule has 0 radical (unpaired) electrons. The van der Waals surface area contributed by atoms with Crippen molar-refractivity contribution in [1.82, 2.24) is 4.90 Å². The van der Waals surface area contributed by atoms with Gasteiger partial charge in [-0.15, -0.1) is 0 Å². The molecule has 0 aromatic heterocycles. The molecule has 1 fully saturated rings. The highest BCUT2D eigenvalue weighted by Gasteiger charge is 2.64. The number of hydrogen-bond acceptors (Lipinski definition) is 1. The van der Waals surface area contributed by atoms with Crippen molar-refractivity contribution in [2.24, 2.45) is 11.8 Å². The number of carbonyl (C=O) groups is 1. The summed E-state index contributed by atoms with van der Waals surface area (Å²) in [6, 6.07) is 0. The number of hydrogen-bond donors (Lipinski definition) is 0. The third kappa shape index (κ3) is 2.69. The maximum atomic E-state index is 12.8. The largest absolute Gasteiger partial charge is 0.463 e. The lowest BCUT2D eigenvalue weighted by atomic mass is 9.88. The molecule has 1 amide bonds.